The lowest BCUT2D eigenvalue weighted by molar-refractivity contribution is -0.137. The van der Waals surface area contributed by atoms with E-state index in [-0.39, 0.29) is 58.3 Å². The second-order valence-electron chi connectivity index (χ2n) is 18.1. The Bertz CT molecular complexity index is 2970. The number of nitrogens with zero attached hydrogens (tertiary/aromatic N) is 7. The first-order chi connectivity index (χ1) is 31.7. The Morgan fingerprint density at radius 3 is 2.56 bits per heavy atom. The number of benzene rings is 3. The zero-order valence-corrected chi connectivity index (χ0v) is 37.9. The first-order valence-electron chi connectivity index (χ1n) is 22.5. The summed E-state index contributed by atoms with van der Waals surface area (Å²) in [6.45, 7) is 3.23. The van der Waals surface area contributed by atoms with Gasteiger partial charge in [-0.2, -0.15) is 23.1 Å². The van der Waals surface area contributed by atoms with Gasteiger partial charge in [0.2, 0.25) is 17.7 Å². The van der Waals surface area contributed by atoms with E-state index in [1.165, 1.54) is 31.1 Å². The summed E-state index contributed by atoms with van der Waals surface area (Å²) in [5.74, 6) is -1.49. The predicted molar refractivity (Wildman–Crippen MR) is 241 cm³/mol. The van der Waals surface area contributed by atoms with E-state index in [9.17, 15) is 32.9 Å². The molecule has 19 heteroatoms. The third-order valence-electron chi connectivity index (χ3n) is 14.2. The number of halogens is 1. The maximum Gasteiger partial charge on any atom is 0.301 e. The highest BCUT2D eigenvalue weighted by molar-refractivity contribution is 7.90. The minimum Gasteiger partial charge on any atom is -0.453 e. The molecule has 0 bridgehead atoms. The fourth-order valence-electron chi connectivity index (χ4n) is 10.2. The number of carbonyl (C=O) groups excluding carboxylic acids is 3. The lowest BCUT2D eigenvalue weighted by Crippen LogP contribution is -2.47. The number of carbonyl (C=O) groups is 3. The van der Waals surface area contributed by atoms with Gasteiger partial charge in [0.05, 0.1) is 58.3 Å². The second-order valence-corrected chi connectivity index (χ2v) is 19.9. The molecule has 2 N–H and O–H groups in total. The average molecular weight is 922 g/mol. The van der Waals surface area contributed by atoms with E-state index in [4.69, 9.17) is 14.6 Å². The number of amides is 3. The van der Waals surface area contributed by atoms with Crippen LogP contribution < -0.4 is 20.3 Å². The van der Waals surface area contributed by atoms with Crippen LogP contribution >= 0.6 is 0 Å². The fraction of sp³-hybridized carbons (Fsp3) is 0.468. The first-order valence-corrected chi connectivity index (χ1v) is 24.0. The molecule has 5 heterocycles. The number of ether oxygens (including phenoxy) is 2. The van der Waals surface area contributed by atoms with Crippen LogP contribution in [0.25, 0.3) is 21.8 Å². The van der Waals surface area contributed by atoms with Crippen molar-refractivity contribution in [1.82, 2.24) is 33.9 Å². The molecule has 0 radical (unpaired) electrons. The number of nitriles is 1. The van der Waals surface area contributed by atoms with E-state index in [2.05, 4.69) is 33.2 Å². The molecule has 1 saturated carbocycles. The van der Waals surface area contributed by atoms with Crippen molar-refractivity contribution in [2.75, 3.05) is 38.0 Å². The molecule has 1 spiro atoms. The van der Waals surface area contributed by atoms with Crippen LogP contribution in [0.15, 0.2) is 59.7 Å². The first kappa shape index (κ1) is 44.9. The van der Waals surface area contributed by atoms with Crippen molar-refractivity contribution < 1.29 is 36.7 Å². The zero-order valence-electron chi connectivity index (χ0n) is 37.1. The molecule has 2 atom stereocenters. The largest absolute Gasteiger partial charge is 0.453 e. The average Bonchev–Trinajstić information content (AvgIpc) is 3.87. The molecule has 3 saturated heterocycles. The van der Waals surface area contributed by atoms with Gasteiger partial charge in [0.25, 0.3) is 5.56 Å². The van der Waals surface area contributed by atoms with E-state index in [1.54, 1.807) is 17.6 Å². The maximum atomic E-state index is 15.1. The van der Waals surface area contributed by atoms with Gasteiger partial charge in [0, 0.05) is 52.0 Å². The van der Waals surface area contributed by atoms with E-state index in [0.29, 0.717) is 81.3 Å². The van der Waals surface area contributed by atoms with E-state index in [0.717, 1.165) is 53.0 Å². The summed E-state index contributed by atoms with van der Waals surface area (Å²) in [6.07, 6.45) is 8.50. The molecule has 4 fully saturated rings. The summed E-state index contributed by atoms with van der Waals surface area (Å²) in [4.78, 5) is 58.4. The van der Waals surface area contributed by atoms with Crippen LogP contribution in [0, 0.1) is 23.1 Å². The van der Waals surface area contributed by atoms with Crippen molar-refractivity contribution in [3.63, 3.8) is 0 Å². The molecule has 4 aliphatic rings. The summed E-state index contributed by atoms with van der Waals surface area (Å²) >= 11 is 0. The van der Waals surface area contributed by atoms with Crippen LogP contribution in [-0.4, -0.2) is 93.6 Å². The van der Waals surface area contributed by atoms with Gasteiger partial charge in [0.1, 0.15) is 17.4 Å². The molecule has 1 aliphatic carbocycles. The number of aryl methyl sites for hydroxylation is 1. The normalized spacial score (nSPS) is 22.2. The van der Waals surface area contributed by atoms with Gasteiger partial charge in [-0.15, -0.1) is 0 Å². The molecule has 5 aromatic rings. The lowest BCUT2D eigenvalue weighted by Gasteiger charge is -2.39. The molecular weight excluding hydrogens is 870 g/mol. The molecule has 3 aromatic carbocycles. The Morgan fingerprint density at radius 1 is 1.06 bits per heavy atom. The van der Waals surface area contributed by atoms with Gasteiger partial charge in [0.15, 0.2) is 11.6 Å². The summed E-state index contributed by atoms with van der Waals surface area (Å²) < 4.78 is 59.5. The van der Waals surface area contributed by atoms with Crippen LogP contribution in [0.1, 0.15) is 106 Å². The number of anilines is 1. The molecule has 3 aliphatic heterocycles. The fourth-order valence-corrected chi connectivity index (χ4v) is 11.1. The molecule has 17 nitrogen and oxygen atoms in total. The Labute approximate surface area is 381 Å². The number of hydrogen-bond donors (Lipinski definition) is 2. The van der Waals surface area contributed by atoms with E-state index in [1.807, 2.05) is 22.7 Å². The van der Waals surface area contributed by atoms with Gasteiger partial charge in [-0.1, -0.05) is 19.1 Å². The summed E-state index contributed by atoms with van der Waals surface area (Å²) in [5.41, 5.74) is 1.94. The van der Waals surface area contributed by atoms with Crippen molar-refractivity contribution in [1.29, 1.82) is 5.26 Å². The predicted octanol–water partition coefficient (Wildman–Crippen LogP) is 5.90. The van der Waals surface area contributed by atoms with E-state index < -0.39 is 33.3 Å². The number of imide groups is 1. The molecule has 3 amide bonds. The smallest absolute Gasteiger partial charge is 0.301 e. The van der Waals surface area contributed by atoms with Gasteiger partial charge in [-0.3, -0.25) is 38.5 Å². The number of rotatable bonds is 11. The number of hydrogen-bond acceptors (Lipinski definition) is 11. The van der Waals surface area contributed by atoms with Gasteiger partial charge < -0.3 is 14.4 Å². The number of nitrogens with one attached hydrogen (secondary N) is 2. The minimum atomic E-state index is -4.03. The molecule has 9 rings (SSSR count). The molecule has 2 aromatic heterocycles. The summed E-state index contributed by atoms with van der Waals surface area (Å²) in [6, 6.07) is 14.5. The second kappa shape index (κ2) is 17.9. The number of aromatic nitrogens is 4. The summed E-state index contributed by atoms with van der Waals surface area (Å²) in [5, 5.41) is 18.2. The molecule has 1 unspecified atom stereocenters. The van der Waals surface area contributed by atoms with Crippen molar-refractivity contribution in [2.45, 2.75) is 94.6 Å². The minimum absolute atomic E-state index is 0.0514. The quantitative estimate of drug-likeness (QED) is 0.149. The Hall–Kier alpha value is -6.23. The Morgan fingerprint density at radius 2 is 1.83 bits per heavy atom. The highest BCUT2D eigenvalue weighted by Crippen LogP contribution is 2.43. The van der Waals surface area contributed by atoms with E-state index >= 15 is 4.39 Å². The number of likely N-dealkylation sites (tertiary alicyclic amines) is 1. The molecule has 66 heavy (non-hydrogen) atoms. The lowest BCUT2D eigenvalue weighted by atomic mass is 9.77. The van der Waals surface area contributed by atoms with Crippen molar-refractivity contribution >= 4 is 55.4 Å². The van der Waals surface area contributed by atoms with Crippen LogP contribution in [0.4, 0.5) is 10.1 Å². The molecule has 346 valence electrons. The standard InChI is InChI=1S/C47H52FN9O8S/c1-4-54(2)66(62,63)53-39-15-13-37(48)44(36(39)25-49)65-32-10-14-38-35(23-32)46(61)57(27-50-38)31-24-47(64-26-31)17-19-56(20-18-47)42(59)21-28-5-7-29(8-6-28)30-9-11-33-40(22-30)55(3)52-43(33)34-12-16-41(58)51-45(34)60/h9-11,13-15,22-23,27-29,31,34,53H,4-8,12,16-21,24,26H2,1-3H3,(H,51,58,60)/t28?,29?,31-,34?/m1/s1. The van der Waals surface area contributed by atoms with Gasteiger partial charge >= 0.3 is 10.2 Å². The van der Waals surface area contributed by atoms with Crippen LogP contribution in [0.5, 0.6) is 11.5 Å². The third kappa shape index (κ3) is 8.64. The number of fused-ring (bicyclic) bond motifs is 2. The summed E-state index contributed by atoms with van der Waals surface area (Å²) in [7, 11) is -0.780. The molecular formula is C47H52FN9O8S. The van der Waals surface area contributed by atoms with Crippen molar-refractivity contribution in [3.05, 3.63) is 87.9 Å². The van der Waals surface area contributed by atoms with Crippen molar-refractivity contribution in [2.24, 2.45) is 13.0 Å². The Balaban J connectivity index is 0.795. The maximum absolute atomic E-state index is 15.1. The topological polar surface area (TPSA) is 211 Å². The van der Waals surface area contributed by atoms with Crippen LogP contribution in [0.2, 0.25) is 0 Å². The number of piperidine rings is 2. The highest BCUT2D eigenvalue weighted by Gasteiger charge is 2.44. The van der Waals surface area contributed by atoms with Crippen LogP contribution in [-0.2, 0) is 36.4 Å². The monoisotopic (exact) mass is 921 g/mol. The van der Waals surface area contributed by atoms with Crippen molar-refractivity contribution in [3.8, 4) is 17.6 Å². The van der Waals surface area contributed by atoms with Gasteiger partial charge in [-0.25, -0.2) is 9.37 Å². The SMILES string of the molecule is CCN(C)S(=O)(=O)Nc1ccc(F)c(Oc2ccc3ncn([C@H]4COC5(CCN(C(=O)CC6CCC(c7ccc8c(C9CCC(=O)NC9=O)nn(C)c8c7)CC6)CC5)C4)c(=O)c3c2)c1C#N. The third-order valence-corrected chi connectivity index (χ3v) is 15.7. The Kier molecular flexibility index (Phi) is 12.2. The van der Waals surface area contributed by atoms with Crippen LogP contribution in [0.3, 0.4) is 0 Å². The highest BCUT2D eigenvalue weighted by atomic mass is 32.2. The van der Waals surface area contributed by atoms with Gasteiger partial charge in [-0.05, 0) is 105 Å². The zero-order chi connectivity index (χ0) is 46.5.